The van der Waals surface area contributed by atoms with Crippen molar-refractivity contribution in [2.24, 2.45) is 0 Å². The summed E-state index contributed by atoms with van der Waals surface area (Å²) in [5, 5.41) is 3.89. The van der Waals surface area contributed by atoms with Gasteiger partial charge < -0.3 is 16.0 Å². The monoisotopic (exact) mass is 339 g/mol. The number of rotatable bonds is 4. The van der Waals surface area contributed by atoms with Gasteiger partial charge in [0.1, 0.15) is 12.0 Å². The van der Waals surface area contributed by atoms with Crippen LogP contribution in [0.2, 0.25) is 5.02 Å². The third-order valence-electron chi connectivity index (χ3n) is 3.78. The van der Waals surface area contributed by atoms with Gasteiger partial charge in [0.05, 0.1) is 0 Å². The molecule has 0 aliphatic rings. The third kappa shape index (κ3) is 3.26. The zero-order valence-corrected chi connectivity index (χ0v) is 14.2. The topological polar surface area (TPSA) is 67.1 Å². The van der Waals surface area contributed by atoms with Crippen LogP contribution in [0.4, 0.5) is 28.7 Å². The molecule has 0 fully saturated rings. The Balaban J connectivity index is 1.95. The van der Waals surface area contributed by atoms with Gasteiger partial charge in [-0.25, -0.2) is 9.97 Å². The fourth-order valence-corrected chi connectivity index (χ4v) is 2.56. The SMILES string of the molecule is Cc1ccc(Cl)cc1Nc1ncnc(N(C)c2ccccc2)c1N. The molecule has 3 N–H and O–H groups in total. The van der Waals surface area contributed by atoms with Crippen molar-refractivity contribution >= 4 is 40.3 Å². The minimum atomic E-state index is 0.475. The Hall–Kier alpha value is -2.79. The second kappa shape index (κ2) is 6.76. The molecule has 0 atom stereocenters. The van der Waals surface area contributed by atoms with E-state index in [9.17, 15) is 0 Å². The van der Waals surface area contributed by atoms with Crippen LogP contribution in [0, 0.1) is 6.92 Å². The summed E-state index contributed by atoms with van der Waals surface area (Å²) in [6.07, 6.45) is 1.49. The van der Waals surface area contributed by atoms with Crippen molar-refractivity contribution in [1.29, 1.82) is 0 Å². The Morgan fingerprint density at radius 3 is 2.58 bits per heavy atom. The molecule has 0 radical (unpaired) electrons. The predicted octanol–water partition coefficient (Wildman–Crippen LogP) is 4.53. The number of benzene rings is 2. The second-order valence-electron chi connectivity index (χ2n) is 5.44. The smallest absolute Gasteiger partial charge is 0.161 e. The van der Waals surface area contributed by atoms with Gasteiger partial charge in [-0.3, -0.25) is 0 Å². The van der Waals surface area contributed by atoms with E-state index in [-0.39, 0.29) is 0 Å². The molecule has 0 saturated heterocycles. The summed E-state index contributed by atoms with van der Waals surface area (Å²) in [4.78, 5) is 10.5. The van der Waals surface area contributed by atoms with Crippen molar-refractivity contribution in [1.82, 2.24) is 9.97 Å². The number of nitrogens with one attached hydrogen (secondary N) is 1. The number of aromatic nitrogens is 2. The number of anilines is 5. The van der Waals surface area contributed by atoms with Gasteiger partial charge in [-0.05, 0) is 36.8 Å². The normalized spacial score (nSPS) is 10.5. The molecule has 0 spiro atoms. The molecule has 1 aromatic heterocycles. The van der Waals surface area contributed by atoms with Crippen LogP contribution in [-0.2, 0) is 0 Å². The molecule has 6 heteroatoms. The van der Waals surface area contributed by atoms with E-state index >= 15 is 0 Å². The number of para-hydroxylation sites is 1. The van der Waals surface area contributed by atoms with Crippen LogP contribution in [0.1, 0.15) is 5.56 Å². The molecule has 5 nitrogen and oxygen atoms in total. The molecule has 3 rings (SSSR count). The summed E-state index contributed by atoms with van der Waals surface area (Å²) < 4.78 is 0. The third-order valence-corrected chi connectivity index (χ3v) is 4.01. The molecule has 3 aromatic rings. The number of hydrogen-bond acceptors (Lipinski definition) is 5. The van der Waals surface area contributed by atoms with E-state index in [2.05, 4.69) is 15.3 Å². The number of hydrogen-bond donors (Lipinski definition) is 2. The molecule has 0 aliphatic carbocycles. The summed E-state index contributed by atoms with van der Waals surface area (Å²) in [6, 6.07) is 15.5. The molecule has 0 unspecified atom stereocenters. The fraction of sp³-hybridized carbons (Fsp3) is 0.111. The van der Waals surface area contributed by atoms with E-state index in [1.165, 1.54) is 6.33 Å². The van der Waals surface area contributed by atoms with Gasteiger partial charge in [0.15, 0.2) is 11.6 Å². The molecule has 2 aromatic carbocycles. The largest absolute Gasteiger partial charge is 0.393 e. The highest BCUT2D eigenvalue weighted by Crippen LogP contribution is 2.32. The molecular formula is C18H18ClN5. The first kappa shape index (κ1) is 16.1. The molecule has 0 bridgehead atoms. The quantitative estimate of drug-likeness (QED) is 0.730. The van der Waals surface area contributed by atoms with Gasteiger partial charge in [-0.15, -0.1) is 0 Å². The van der Waals surface area contributed by atoms with Crippen LogP contribution in [0.15, 0.2) is 54.9 Å². The lowest BCUT2D eigenvalue weighted by Crippen LogP contribution is -2.15. The predicted molar refractivity (Wildman–Crippen MR) is 100 cm³/mol. The Kier molecular flexibility index (Phi) is 4.53. The van der Waals surface area contributed by atoms with Crippen LogP contribution in [0.3, 0.4) is 0 Å². The number of nitrogens with zero attached hydrogens (tertiary/aromatic N) is 3. The summed E-state index contributed by atoms with van der Waals surface area (Å²) in [7, 11) is 1.92. The lowest BCUT2D eigenvalue weighted by Gasteiger charge is -2.21. The Morgan fingerprint density at radius 2 is 1.83 bits per heavy atom. The van der Waals surface area contributed by atoms with E-state index in [0.717, 1.165) is 16.9 Å². The first-order valence-corrected chi connectivity index (χ1v) is 7.86. The van der Waals surface area contributed by atoms with Crippen molar-refractivity contribution in [2.45, 2.75) is 6.92 Å². The second-order valence-corrected chi connectivity index (χ2v) is 5.87. The number of nitrogen functional groups attached to an aromatic ring is 1. The minimum Gasteiger partial charge on any atom is -0.393 e. The van der Waals surface area contributed by atoms with Gasteiger partial charge in [-0.2, -0.15) is 0 Å². The van der Waals surface area contributed by atoms with E-state index in [1.54, 1.807) is 0 Å². The number of halogens is 1. The Labute approximate surface area is 146 Å². The van der Waals surface area contributed by atoms with Crippen molar-refractivity contribution in [3.05, 3.63) is 65.4 Å². The minimum absolute atomic E-state index is 0.475. The maximum Gasteiger partial charge on any atom is 0.161 e. The van der Waals surface area contributed by atoms with Crippen LogP contribution in [-0.4, -0.2) is 17.0 Å². The van der Waals surface area contributed by atoms with Crippen LogP contribution in [0.25, 0.3) is 0 Å². The van der Waals surface area contributed by atoms with Crippen molar-refractivity contribution in [3.63, 3.8) is 0 Å². The lowest BCUT2D eigenvalue weighted by atomic mass is 10.2. The van der Waals surface area contributed by atoms with Gasteiger partial charge >= 0.3 is 0 Å². The molecule has 122 valence electrons. The molecule has 0 amide bonds. The standard InChI is InChI=1S/C18H18ClN5/c1-12-8-9-13(19)10-15(12)23-17-16(20)18(22-11-21-17)24(2)14-6-4-3-5-7-14/h3-11H,20H2,1-2H3,(H,21,22,23). The lowest BCUT2D eigenvalue weighted by molar-refractivity contribution is 1.09. The molecule has 1 heterocycles. The van der Waals surface area contributed by atoms with Crippen LogP contribution in [0.5, 0.6) is 0 Å². The molecule has 0 saturated carbocycles. The van der Waals surface area contributed by atoms with Gasteiger partial charge in [0, 0.05) is 23.4 Å². The fourth-order valence-electron chi connectivity index (χ4n) is 2.38. The first-order chi connectivity index (χ1) is 11.6. The van der Waals surface area contributed by atoms with E-state index in [0.29, 0.717) is 22.3 Å². The highest BCUT2D eigenvalue weighted by atomic mass is 35.5. The average molecular weight is 340 g/mol. The highest BCUT2D eigenvalue weighted by Gasteiger charge is 2.14. The maximum absolute atomic E-state index is 6.30. The zero-order chi connectivity index (χ0) is 17.1. The molecule has 24 heavy (non-hydrogen) atoms. The van der Waals surface area contributed by atoms with E-state index in [1.807, 2.05) is 67.4 Å². The molecular weight excluding hydrogens is 322 g/mol. The summed E-state index contributed by atoms with van der Waals surface area (Å²) >= 11 is 6.07. The van der Waals surface area contributed by atoms with Crippen molar-refractivity contribution < 1.29 is 0 Å². The summed E-state index contributed by atoms with van der Waals surface area (Å²) in [5.74, 6) is 1.19. The number of aryl methyl sites for hydroxylation is 1. The molecule has 0 aliphatic heterocycles. The van der Waals surface area contributed by atoms with Crippen LogP contribution >= 0.6 is 11.6 Å². The van der Waals surface area contributed by atoms with E-state index in [4.69, 9.17) is 17.3 Å². The number of nitrogens with two attached hydrogens (primary N) is 1. The van der Waals surface area contributed by atoms with Gasteiger partial charge in [-0.1, -0.05) is 35.9 Å². The maximum atomic E-state index is 6.30. The van der Waals surface area contributed by atoms with E-state index < -0.39 is 0 Å². The Bertz CT molecular complexity index is 851. The van der Waals surface area contributed by atoms with Crippen LogP contribution < -0.4 is 16.0 Å². The average Bonchev–Trinajstić information content (AvgIpc) is 2.60. The van der Waals surface area contributed by atoms with Crippen molar-refractivity contribution in [3.8, 4) is 0 Å². The first-order valence-electron chi connectivity index (χ1n) is 7.48. The zero-order valence-electron chi connectivity index (χ0n) is 13.5. The Morgan fingerprint density at radius 1 is 1.08 bits per heavy atom. The van der Waals surface area contributed by atoms with Gasteiger partial charge in [0.25, 0.3) is 0 Å². The van der Waals surface area contributed by atoms with Crippen molar-refractivity contribution in [2.75, 3.05) is 23.0 Å². The van der Waals surface area contributed by atoms with Gasteiger partial charge in [0.2, 0.25) is 0 Å². The summed E-state index contributed by atoms with van der Waals surface area (Å²) in [5.41, 5.74) is 9.68. The summed E-state index contributed by atoms with van der Waals surface area (Å²) in [6.45, 7) is 1.99. The highest BCUT2D eigenvalue weighted by molar-refractivity contribution is 6.30.